The van der Waals surface area contributed by atoms with Crippen molar-refractivity contribution in [3.63, 3.8) is 0 Å². The minimum absolute atomic E-state index is 0. The second kappa shape index (κ2) is 6.84. The van der Waals surface area contributed by atoms with Crippen LogP contribution in [-0.4, -0.2) is 40.6 Å². The quantitative estimate of drug-likeness (QED) is 0.929. The van der Waals surface area contributed by atoms with Crippen LogP contribution < -0.4 is 5.73 Å². The van der Waals surface area contributed by atoms with Gasteiger partial charge in [0.25, 0.3) is 11.6 Å². The summed E-state index contributed by atoms with van der Waals surface area (Å²) < 4.78 is 5.28. The third kappa shape index (κ3) is 3.19. The topological polar surface area (TPSA) is 85.2 Å². The molecule has 2 N–H and O–H groups in total. The normalized spacial score (nSPS) is 17.8. The maximum atomic E-state index is 12.9. The van der Waals surface area contributed by atoms with Crippen molar-refractivity contribution in [3.05, 3.63) is 23.0 Å². The Morgan fingerprint density at radius 2 is 2.26 bits per heavy atom. The number of carbonyl (C=O) groups is 1. The van der Waals surface area contributed by atoms with Crippen LogP contribution in [0.15, 0.2) is 10.6 Å². The Hall–Kier alpha value is -1.66. The fourth-order valence-corrected chi connectivity index (χ4v) is 2.96. The van der Waals surface area contributed by atoms with Crippen LogP contribution in [0, 0.1) is 12.8 Å². The standard InChI is InChI=1S/C16H22N4O2.ClH/c1-9(2)13-6-12(14-10(3)19-22-15(14)18-13)16(21)20-5-4-11(7-17)8-20;/h6,9,11H,4-5,7-8,17H2,1-3H3;1H. The van der Waals surface area contributed by atoms with Crippen molar-refractivity contribution in [2.75, 3.05) is 19.6 Å². The van der Waals surface area contributed by atoms with E-state index in [4.69, 9.17) is 10.3 Å². The first-order valence-electron chi connectivity index (χ1n) is 7.77. The molecule has 3 rings (SSSR count). The summed E-state index contributed by atoms with van der Waals surface area (Å²) >= 11 is 0. The van der Waals surface area contributed by atoms with E-state index < -0.39 is 0 Å². The lowest BCUT2D eigenvalue weighted by Crippen LogP contribution is -2.30. The number of hydrogen-bond acceptors (Lipinski definition) is 5. The molecule has 1 aliphatic heterocycles. The molecule has 1 fully saturated rings. The van der Waals surface area contributed by atoms with Crippen LogP contribution in [0.5, 0.6) is 0 Å². The smallest absolute Gasteiger partial charge is 0.259 e. The SMILES string of the molecule is Cc1noc2nc(C(C)C)cc(C(=O)N3CCC(CN)C3)c12.Cl. The highest BCUT2D eigenvalue weighted by molar-refractivity contribution is 6.06. The zero-order valence-electron chi connectivity index (χ0n) is 13.7. The summed E-state index contributed by atoms with van der Waals surface area (Å²) in [5.41, 5.74) is 8.37. The van der Waals surface area contributed by atoms with E-state index >= 15 is 0 Å². The molecule has 126 valence electrons. The Labute approximate surface area is 141 Å². The summed E-state index contributed by atoms with van der Waals surface area (Å²) in [6.07, 6.45) is 0.968. The number of carbonyl (C=O) groups excluding carboxylic acids is 1. The van der Waals surface area contributed by atoms with Crippen LogP contribution in [0.1, 0.15) is 47.9 Å². The van der Waals surface area contributed by atoms with Gasteiger partial charge in [0.1, 0.15) is 0 Å². The molecular formula is C16H23ClN4O2. The summed E-state index contributed by atoms with van der Waals surface area (Å²) in [4.78, 5) is 19.3. The number of pyridine rings is 1. The number of amides is 1. The molecule has 1 saturated heterocycles. The van der Waals surface area contributed by atoms with Crippen molar-refractivity contribution >= 4 is 29.4 Å². The lowest BCUT2D eigenvalue weighted by atomic mass is 10.0. The molecule has 1 unspecified atom stereocenters. The number of aromatic nitrogens is 2. The number of rotatable bonds is 3. The average molecular weight is 339 g/mol. The van der Waals surface area contributed by atoms with Gasteiger partial charge >= 0.3 is 0 Å². The molecule has 0 saturated carbocycles. The first-order valence-corrected chi connectivity index (χ1v) is 7.77. The highest BCUT2D eigenvalue weighted by atomic mass is 35.5. The van der Waals surface area contributed by atoms with Gasteiger partial charge in [0.15, 0.2) is 0 Å². The fraction of sp³-hybridized carbons (Fsp3) is 0.562. The Bertz CT molecular complexity index is 713. The summed E-state index contributed by atoms with van der Waals surface area (Å²) in [6.45, 7) is 8.04. The maximum Gasteiger partial charge on any atom is 0.259 e. The number of nitrogens with two attached hydrogens (primary N) is 1. The van der Waals surface area contributed by atoms with Gasteiger partial charge in [0.2, 0.25) is 0 Å². The molecule has 2 aromatic rings. The molecule has 23 heavy (non-hydrogen) atoms. The van der Waals surface area contributed by atoms with Gasteiger partial charge in [0.05, 0.1) is 16.6 Å². The van der Waals surface area contributed by atoms with Gasteiger partial charge in [-0.25, -0.2) is 4.98 Å². The molecule has 0 aliphatic carbocycles. The van der Waals surface area contributed by atoms with Crippen LogP contribution in [0.3, 0.4) is 0 Å². The molecule has 0 aromatic carbocycles. The van der Waals surface area contributed by atoms with E-state index in [0.29, 0.717) is 29.4 Å². The predicted molar refractivity (Wildman–Crippen MR) is 90.9 cm³/mol. The predicted octanol–water partition coefficient (Wildman–Crippen LogP) is 2.50. The number of fused-ring (bicyclic) bond motifs is 1. The highest BCUT2D eigenvalue weighted by Gasteiger charge is 2.29. The van der Waals surface area contributed by atoms with Crippen LogP contribution in [0.2, 0.25) is 0 Å². The van der Waals surface area contributed by atoms with Gasteiger partial charge in [-0.2, -0.15) is 0 Å². The summed E-state index contributed by atoms with van der Waals surface area (Å²) in [5, 5.41) is 4.70. The van der Waals surface area contributed by atoms with Gasteiger partial charge in [0, 0.05) is 18.8 Å². The van der Waals surface area contributed by atoms with E-state index in [1.54, 1.807) is 0 Å². The van der Waals surface area contributed by atoms with Gasteiger partial charge < -0.3 is 15.2 Å². The molecule has 7 heteroatoms. The van der Waals surface area contributed by atoms with E-state index in [-0.39, 0.29) is 24.2 Å². The number of aryl methyl sites for hydroxylation is 1. The van der Waals surface area contributed by atoms with Crippen molar-refractivity contribution in [1.29, 1.82) is 0 Å². The average Bonchev–Trinajstić information content (AvgIpc) is 3.12. The van der Waals surface area contributed by atoms with Crippen molar-refractivity contribution in [1.82, 2.24) is 15.0 Å². The molecule has 1 aliphatic rings. The second-order valence-corrected chi connectivity index (χ2v) is 6.34. The van der Waals surface area contributed by atoms with Crippen LogP contribution in [0.25, 0.3) is 11.1 Å². The summed E-state index contributed by atoms with van der Waals surface area (Å²) in [6, 6.07) is 1.88. The number of likely N-dealkylation sites (tertiary alicyclic amines) is 1. The van der Waals surface area contributed by atoms with Gasteiger partial charge in [-0.1, -0.05) is 19.0 Å². The first-order chi connectivity index (χ1) is 10.5. The van der Waals surface area contributed by atoms with Crippen molar-refractivity contribution in [2.24, 2.45) is 11.7 Å². The van der Waals surface area contributed by atoms with E-state index in [2.05, 4.69) is 10.1 Å². The Kier molecular flexibility index (Phi) is 5.26. The largest absolute Gasteiger partial charge is 0.338 e. The second-order valence-electron chi connectivity index (χ2n) is 6.34. The Balaban J connectivity index is 0.00000192. The minimum Gasteiger partial charge on any atom is -0.338 e. The molecular weight excluding hydrogens is 316 g/mol. The molecule has 0 bridgehead atoms. The Morgan fingerprint density at radius 3 is 2.87 bits per heavy atom. The number of halogens is 1. The third-order valence-corrected chi connectivity index (χ3v) is 4.37. The molecule has 3 heterocycles. The van der Waals surface area contributed by atoms with E-state index in [1.165, 1.54) is 0 Å². The molecule has 0 spiro atoms. The molecule has 0 radical (unpaired) electrons. The first kappa shape index (κ1) is 17.7. The maximum absolute atomic E-state index is 12.9. The van der Waals surface area contributed by atoms with Crippen molar-refractivity contribution in [3.8, 4) is 0 Å². The highest BCUT2D eigenvalue weighted by Crippen LogP contribution is 2.27. The lowest BCUT2D eigenvalue weighted by Gasteiger charge is -2.17. The molecule has 2 aromatic heterocycles. The molecule has 1 amide bonds. The van der Waals surface area contributed by atoms with Gasteiger partial charge in [-0.3, -0.25) is 4.79 Å². The number of hydrogen-bond donors (Lipinski definition) is 1. The summed E-state index contributed by atoms with van der Waals surface area (Å²) in [5.74, 6) is 0.641. The summed E-state index contributed by atoms with van der Waals surface area (Å²) in [7, 11) is 0. The van der Waals surface area contributed by atoms with E-state index in [0.717, 1.165) is 30.6 Å². The molecule has 6 nitrogen and oxygen atoms in total. The zero-order chi connectivity index (χ0) is 15.9. The third-order valence-electron chi connectivity index (χ3n) is 4.37. The van der Waals surface area contributed by atoms with Gasteiger partial charge in [-0.05, 0) is 37.8 Å². The van der Waals surface area contributed by atoms with E-state index in [1.807, 2.05) is 31.7 Å². The monoisotopic (exact) mass is 338 g/mol. The van der Waals surface area contributed by atoms with Crippen LogP contribution in [-0.2, 0) is 0 Å². The molecule has 1 atom stereocenters. The van der Waals surface area contributed by atoms with Crippen LogP contribution >= 0.6 is 12.4 Å². The van der Waals surface area contributed by atoms with Crippen molar-refractivity contribution < 1.29 is 9.32 Å². The van der Waals surface area contributed by atoms with Gasteiger partial charge in [-0.15, -0.1) is 12.4 Å². The van der Waals surface area contributed by atoms with Crippen LogP contribution in [0.4, 0.5) is 0 Å². The Morgan fingerprint density at radius 1 is 1.52 bits per heavy atom. The van der Waals surface area contributed by atoms with Crippen molar-refractivity contribution in [2.45, 2.75) is 33.1 Å². The minimum atomic E-state index is 0. The van der Waals surface area contributed by atoms with E-state index in [9.17, 15) is 4.79 Å². The lowest BCUT2D eigenvalue weighted by molar-refractivity contribution is 0.0789. The zero-order valence-corrected chi connectivity index (χ0v) is 14.5. The number of nitrogens with zero attached hydrogens (tertiary/aromatic N) is 3. The fourth-order valence-electron chi connectivity index (χ4n) is 2.96.